The van der Waals surface area contributed by atoms with Crippen LogP contribution in [0.3, 0.4) is 0 Å². The molecule has 29 heavy (non-hydrogen) atoms. The maximum atomic E-state index is 13.2. The molecule has 2 aliphatic heterocycles. The first-order chi connectivity index (χ1) is 14.1. The quantitative estimate of drug-likeness (QED) is 0.419. The number of hydrogen-bond donors (Lipinski definition) is 0. The summed E-state index contributed by atoms with van der Waals surface area (Å²) in [5, 5.41) is 0. The van der Waals surface area contributed by atoms with Crippen LogP contribution in [0.15, 0.2) is 47.7 Å². The van der Waals surface area contributed by atoms with Crippen molar-refractivity contribution < 1.29 is 28.2 Å². The smallest absolute Gasteiger partial charge is 0.247 e. The van der Waals surface area contributed by atoms with Gasteiger partial charge >= 0.3 is 0 Å². The summed E-state index contributed by atoms with van der Waals surface area (Å²) < 4.78 is 24.9. The van der Waals surface area contributed by atoms with Gasteiger partial charge < -0.3 is 14.2 Å². The Kier molecular flexibility index (Phi) is 4.62. The number of allylic oxidation sites excluding steroid dienone is 1. The van der Waals surface area contributed by atoms with Crippen molar-refractivity contribution in [3.05, 3.63) is 58.9 Å². The monoisotopic (exact) mass is 398 g/mol. The van der Waals surface area contributed by atoms with Crippen LogP contribution in [0.2, 0.25) is 0 Å². The molecule has 0 amide bonds. The largest absolute Gasteiger partial charge is 0.497 e. The first-order valence-electron chi connectivity index (χ1n) is 10.5. The molecule has 0 radical (unpaired) electrons. The molecule has 1 spiro atoms. The van der Waals surface area contributed by atoms with Gasteiger partial charge in [0.25, 0.3) is 0 Å². The van der Waals surface area contributed by atoms with Crippen molar-refractivity contribution in [2.24, 2.45) is 0 Å². The summed E-state index contributed by atoms with van der Waals surface area (Å²) in [6, 6.07) is 7.77. The van der Waals surface area contributed by atoms with Crippen LogP contribution in [0.1, 0.15) is 35.2 Å². The lowest BCUT2D eigenvalue weighted by molar-refractivity contribution is -0.839. The average molecular weight is 398 g/mol. The molecule has 5 rings (SSSR count). The van der Waals surface area contributed by atoms with E-state index in [1.54, 1.807) is 7.11 Å². The molecule has 0 bridgehead atoms. The fourth-order valence-electron chi connectivity index (χ4n) is 4.79. The topological polar surface area (TPSA) is 54.0 Å². The van der Waals surface area contributed by atoms with E-state index in [-0.39, 0.29) is 17.9 Å². The van der Waals surface area contributed by atoms with Gasteiger partial charge in [-0.2, -0.15) is 0 Å². The SMILES string of the molecule is CCCOC1=CC(OC)(OC2C[N+]23CCOCC3)C=C2C(=O)c3ccccc3C12. The van der Waals surface area contributed by atoms with Gasteiger partial charge in [0.15, 0.2) is 12.3 Å². The van der Waals surface area contributed by atoms with Crippen molar-refractivity contribution in [2.75, 3.05) is 46.6 Å². The molecule has 0 aromatic heterocycles. The summed E-state index contributed by atoms with van der Waals surface area (Å²) in [6.07, 6.45) is 4.74. The molecule has 1 aromatic carbocycles. The third-order valence-electron chi connectivity index (χ3n) is 6.55. The normalized spacial score (nSPS) is 31.7. The van der Waals surface area contributed by atoms with Gasteiger partial charge in [-0.05, 0) is 18.1 Å². The van der Waals surface area contributed by atoms with E-state index in [0.717, 1.165) is 60.6 Å². The molecule has 2 fully saturated rings. The van der Waals surface area contributed by atoms with E-state index in [0.29, 0.717) is 12.2 Å². The lowest BCUT2D eigenvalue weighted by atomic mass is 9.88. The maximum Gasteiger partial charge on any atom is 0.247 e. The predicted octanol–water partition coefficient (Wildman–Crippen LogP) is 2.76. The highest BCUT2D eigenvalue weighted by Crippen LogP contribution is 2.49. The molecular formula is C23H28NO5+. The van der Waals surface area contributed by atoms with Crippen LogP contribution in [0.25, 0.3) is 0 Å². The Balaban J connectivity index is 1.50. The number of ether oxygens (including phenoxy) is 4. The lowest BCUT2D eigenvalue weighted by Gasteiger charge is -2.34. The molecule has 1 aromatic rings. The first-order valence-corrected chi connectivity index (χ1v) is 10.5. The van der Waals surface area contributed by atoms with Crippen LogP contribution in [-0.4, -0.2) is 68.8 Å². The van der Waals surface area contributed by atoms with Gasteiger partial charge in [-0.15, -0.1) is 0 Å². The summed E-state index contributed by atoms with van der Waals surface area (Å²) in [5.41, 5.74) is 2.43. The Labute approximate surface area is 171 Å². The van der Waals surface area contributed by atoms with Crippen LogP contribution in [-0.2, 0) is 18.9 Å². The third-order valence-corrected chi connectivity index (χ3v) is 6.55. The Morgan fingerprint density at radius 1 is 1.21 bits per heavy atom. The van der Waals surface area contributed by atoms with Gasteiger partial charge in [0.2, 0.25) is 12.0 Å². The van der Waals surface area contributed by atoms with Crippen molar-refractivity contribution in [1.82, 2.24) is 0 Å². The number of ketones is 1. The maximum absolute atomic E-state index is 13.2. The minimum Gasteiger partial charge on any atom is -0.497 e. The van der Waals surface area contributed by atoms with Crippen LogP contribution in [0.4, 0.5) is 0 Å². The van der Waals surface area contributed by atoms with E-state index in [4.69, 9.17) is 18.9 Å². The Bertz CT molecular complexity index is 885. The van der Waals surface area contributed by atoms with Gasteiger partial charge in [-0.25, -0.2) is 0 Å². The molecule has 154 valence electrons. The molecule has 0 N–H and O–H groups in total. The van der Waals surface area contributed by atoms with E-state index in [2.05, 4.69) is 6.92 Å². The van der Waals surface area contributed by atoms with Crippen molar-refractivity contribution >= 4 is 5.78 Å². The number of fused-ring (bicyclic) bond motifs is 3. The molecular weight excluding hydrogens is 370 g/mol. The van der Waals surface area contributed by atoms with E-state index >= 15 is 0 Å². The number of carbonyl (C=O) groups is 1. The summed E-state index contributed by atoms with van der Waals surface area (Å²) >= 11 is 0. The van der Waals surface area contributed by atoms with Gasteiger partial charge in [0, 0.05) is 24.3 Å². The van der Waals surface area contributed by atoms with E-state index in [1.807, 2.05) is 36.4 Å². The van der Waals surface area contributed by atoms with Crippen molar-refractivity contribution in [2.45, 2.75) is 31.3 Å². The number of morpholine rings is 1. The second-order valence-corrected chi connectivity index (χ2v) is 8.30. The fourth-order valence-corrected chi connectivity index (χ4v) is 4.79. The second kappa shape index (κ2) is 7.06. The highest BCUT2D eigenvalue weighted by Gasteiger charge is 2.60. The number of rotatable bonds is 6. The zero-order chi connectivity index (χ0) is 20.1. The molecule has 3 unspecified atom stereocenters. The van der Waals surface area contributed by atoms with E-state index < -0.39 is 5.79 Å². The minimum atomic E-state index is -1.09. The van der Waals surface area contributed by atoms with Crippen molar-refractivity contribution in [1.29, 1.82) is 0 Å². The molecule has 2 saturated heterocycles. The van der Waals surface area contributed by atoms with Crippen LogP contribution in [0, 0.1) is 0 Å². The molecule has 0 saturated carbocycles. The molecule has 2 heterocycles. The number of hydrogen-bond acceptors (Lipinski definition) is 5. The zero-order valence-corrected chi connectivity index (χ0v) is 17.1. The van der Waals surface area contributed by atoms with Gasteiger partial charge in [0.05, 0.1) is 25.7 Å². The van der Waals surface area contributed by atoms with Crippen LogP contribution >= 0.6 is 0 Å². The minimum absolute atomic E-state index is 0.0346. The van der Waals surface area contributed by atoms with Crippen LogP contribution < -0.4 is 0 Å². The number of nitrogens with zero attached hydrogens (tertiary/aromatic N) is 1. The molecule has 2 aliphatic carbocycles. The highest BCUT2D eigenvalue weighted by atomic mass is 16.7. The molecule has 3 atom stereocenters. The summed E-state index contributed by atoms with van der Waals surface area (Å²) in [6.45, 7) is 7.05. The molecule has 6 nitrogen and oxygen atoms in total. The summed E-state index contributed by atoms with van der Waals surface area (Å²) in [5.74, 6) is -0.480. The highest BCUT2D eigenvalue weighted by molar-refractivity contribution is 6.15. The van der Waals surface area contributed by atoms with Gasteiger partial charge in [0.1, 0.15) is 18.8 Å². The molecule has 6 heteroatoms. The Morgan fingerprint density at radius 2 is 2.00 bits per heavy atom. The average Bonchev–Trinajstić information content (AvgIpc) is 3.31. The van der Waals surface area contributed by atoms with E-state index in [9.17, 15) is 4.79 Å². The van der Waals surface area contributed by atoms with Crippen molar-refractivity contribution in [3.63, 3.8) is 0 Å². The second-order valence-electron chi connectivity index (χ2n) is 8.30. The number of carbonyl (C=O) groups excluding carboxylic acids is 1. The number of benzene rings is 1. The lowest BCUT2D eigenvalue weighted by Crippen LogP contribution is -2.44. The third kappa shape index (κ3) is 3.06. The molecule has 4 aliphatic rings. The summed E-state index contributed by atoms with van der Waals surface area (Å²) in [4.78, 5) is 13.2. The number of methoxy groups -OCH3 is 1. The van der Waals surface area contributed by atoms with Gasteiger partial charge in [-0.3, -0.25) is 14.0 Å². The van der Waals surface area contributed by atoms with Crippen LogP contribution in [0.5, 0.6) is 0 Å². The first kappa shape index (κ1) is 19.0. The fraction of sp³-hybridized carbons (Fsp3) is 0.522. The Hall–Kier alpha value is -1.99. The standard InChI is InChI=1S/C23H28NO5/c1-3-10-28-19-14-23(26-2,29-20-15-24(20)8-11-27-12-9-24)13-18-21(19)16-6-4-5-7-17(16)22(18)25/h4-7,13-14,20-21H,3,8-12,15H2,1-2H3/q+1. The van der Waals surface area contributed by atoms with Crippen molar-refractivity contribution in [3.8, 4) is 0 Å². The zero-order valence-electron chi connectivity index (χ0n) is 17.1. The Morgan fingerprint density at radius 3 is 2.76 bits per heavy atom. The van der Waals surface area contributed by atoms with E-state index in [1.165, 1.54) is 0 Å². The summed E-state index contributed by atoms with van der Waals surface area (Å²) in [7, 11) is 1.63. The number of quaternary nitrogens is 1. The predicted molar refractivity (Wildman–Crippen MR) is 106 cm³/mol. The number of Topliss-reactive ketones (excluding diaryl/α,β-unsaturated/α-hetero) is 1. The van der Waals surface area contributed by atoms with Gasteiger partial charge in [-0.1, -0.05) is 31.2 Å².